The number of aromatic nitrogens is 4. The molecule has 2 fully saturated rings. The first kappa shape index (κ1) is 28.3. The van der Waals surface area contributed by atoms with Gasteiger partial charge in [-0.25, -0.2) is 13.2 Å². The summed E-state index contributed by atoms with van der Waals surface area (Å²) in [5, 5.41) is 8.35. The first-order chi connectivity index (χ1) is 20.0. The summed E-state index contributed by atoms with van der Waals surface area (Å²) in [6.45, 7) is 9.70. The zero-order valence-electron chi connectivity index (χ0n) is 24.1. The van der Waals surface area contributed by atoms with Gasteiger partial charge in [0.1, 0.15) is 12.4 Å². The summed E-state index contributed by atoms with van der Waals surface area (Å²) >= 11 is 0. The van der Waals surface area contributed by atoms with Gasteiger partial charge in [-0.1, -0.05) is 6.58 Å². The van der Waals surface area contributed by atoms with E-state index in [1.165, 1.54) is 4.90 Å². The molecule has 1 N–H and O–H groups in total. The number of ether oxygens (including phenoxy) is 1. The van der Waals surface area contributed by atoms with E-state index in [2.05, 4.69) is 41.6 Å². The number of nitrogens with zero attached hydrogens (tertiary/aromatic N) is 7. The van der Waals surface area contributed by atoms with Crippen molar-refractivity contribution in [2.24, 2.45) is 5.92 Å². The third-order valence-corrected chi connectivity index (χ3v) is 8.69. The van der Waals surface area contributed by atoms with Crippen LogP contribution in [0, 0.1) is 19.8 Å². The Hall–Kier alpha value is -3.87. The Balaban J connectivity index is 1.31. The van der Waals surface area contributed by atoms with Crippen LogP contribution in [0.2, 0.25) is 0 Å². The molecule has 1 amide bonds. The van der Waals surface area contributed by atoms with Crippen molar-refractivity contribution >= 4 is 28.3 Å². The smallest absolute Gasteiger partial charge is 0.318 e. The van der Waals surface area contributed by atoms with Gasteiger partial charge in [0, 0.05) is 50.2 Å². The molecule has 0 aliphatic carbocycles. The van der Waals surface area contributed by atoms with Crippen molar-refractivity contribution in [2.45, 2.75) is 32.7 Å². The monoisotopic (exact) mass is 584 g/mol. The number of carbonyl (C=O) groups excluding carboxylic acids is 1. The fourth-order valence-electron chi connectivity index (χ4n) is 6.33. The number of fused-ring (bicyclic) bond motifs is 2. The predicted molar refractivity (Wildman–Crippen MR) is 153 cm³/mol. The molecule has 3 aliphatic heterocycles. The van der Waals surface area contributed by atoms with Gasteiger partial charge in [-0.15, -0.1) is 0 Å². The van der Waals surface area contributed by atoms with Crippen molar-refractivity contribution in [3.05, 3.63) is 47.1 Å². The van der Waals surface area contributed by atoms with E-state index in [0.717, 1.165) is 45.5 Å². The average Bonchev–Trinajstić information content (AvgIpc) is 3.52. The van der Waals surface area contributed by atoms with Gasteiger partial charge >= 0.3 is 6.01 Å². The van der Waals surface area contributed by atoms with E-state index in [1.807, 2.05) is 11.1 Å². The highest BCUT2D eigenvalue weighted by molar-refractivity contribution is 5.94. The Morgan fingerprint density at radius 1 is 1.17 bits per heavy atom. The molecule has 10 nitrogen and oxygen atoms in total. The summed E-state index contributed by atoms with van der Waals surface area (Å²) in [6.07, 6.45) is 2.49. The molecule has 3 aromatic rings. The molecule has 0 spiro atoms. The van der Waals surface area contributed by atoms with E-state index < -0.39 is 23.6 Å². The van der Waals surface area contributed by atoms with Crippen molar-refractivity contribution in [3.63, 3.8) is 0 Å². The summed E-state index contributed by atoms with van der Waals surface area (Å²) in [6, 6.07) is 2.14. The van der Waals surface area contributed by atoms with Gasteiger partial charge in [-0.3, -0.25) is 14.8 Å². The maximum absolute atomic E-state index is 14.5. The molecular weight excluding hydrogens is 549 g/mol. The maximum Gasteiger partial charge on any atom is 0.318 e. The van der Waals surface area contributed by atoms with Crippen LogP contribution >= 0.6 is 0 Å². The van der Waals surface area contributed by atoms with Crippen LogP contribution in [0.5, 0.6) is 6.01 Å². The minimum Gasteiger partial charge on any atom is -0.463 e. The van der Waals surface area contributed by atoms with Gasteiger partial charge in [0.2, 0.25) is 0 Å². The van der Waals surface area contributed by atoms with Crippen LogP contribution < -0.4 is 14.5 Å². The zero-order chi connectivity index (χ0) is 29.8. The zero-order valence-corrected chi connectivity index (χ0v) is 24.1. The number of nitrogens with one attached hydrogen (secondary N) is 1. The quantitative estimate of drug-likeness (QED) is 0.442. The first-order valence-corrected chi connectivity index (χ1v) is 14.2. The van der Waals surface area contributed by atoms with Gasteiger partial charge in [0.25, 0.3) is 11.8 Å². The standard InChI is InChI=1S/C29H35F3N8O2/c1-17-11-23-22(12-33-36-23)25(18(17)2)40-6-5-21-24(14-40)34-28(42-15-20-13-37(4)16-29(20,31)32)35-26(21)38-7-9-39(10-8-38)27(41)19(3)30/h11-12,20H,3,5-10,13-16H2,1-2,4H3,(H,33,36)/t20-/m1/s1. The molecule has 0 saturated carbocycles. The van der Waals surface area contributed by atoms with Crippen LogP contribution in [0.4, 0.5) is 24.7 Å². The minimum absolute atomic E-state index is 0.0565. The number of likely N-dealkylation sites (tertiary alicyclic amines) is 1. The molecule has 1 aromatic carbocycles. The van der Waals surface area contributed by atoms with Gasteiger partial charge in [-0.2, -0.15) is 15.1 Å². The minimum atomic E-state index is -2.86. The van der Waals surface area contributed by atoms with Crippen molar-refractivity contribution in [2.75, 3.05) is 69.3 Å². The number of aromatic amines is 1. The molecular formula is C29H35F3N8O2. The molecule has 0 bridgehead atoms. The molecule has 224 valence electrons. The maximum atomic E-state index is 14.5. The van der Waals surface area contributed by atoms with Crippen LogP contribution in [0.3, 0.4) is 0 Å². The Labute approximate surface area is 242 Å². The second-order valence-electron chi connectivity index (χ2n) is 11.6. The molecule has 13 heteroatoms. The van der Waals surface area contributed by atoms with Crippen molar-refractivity contribution < 1.29 is 22.7 Å². The van der Waals surface area contributed by atoms with Crippen LogP contribution in [0.1, 0.15) is 22.4 Å². The largest absolute Gasteiger partial charge is 0.463 e. The molecule has 1 atom stereocenters. The molecule has 42 heavy (non-hydrogen) atoms. The van der Waals surface area contributed by atoms with Crippen LogP contribution in [-0.2, 0) is 17.8 Å². The van der Waals surface area contributed by atoms with Gasteiger partial charge < -0.3 is 19.4 Å². The number of aryl methyl sites for hydroxylation is 1. The number of anilines is 2. The number of halogens is 3. The lowest BCUT2D eigenvalue weighted by molar-refractivity contribution is -0.128. The molecule has 0 unspecified atom stereocenters. The normalized spacial score (nSPS) is 20.7. The van der Waals surface area contributed by atoms with E-state index in [9.17, 15) is 18.0 Å². The number of hydrogen-bond acceptors (Lipinski definition) is 8. The van der Waals surface area contributed by atoms with E-state index in [1.54, 1.807) is 11.9 Å². The summed E-state index contributed by atoms with van der Waals surface area (Å²) in [4.78, 5) is 28.9. The lowest BCUT2D eigenvalue weighted by atomic mass is 9.99. The number of hydrogen-bond donors (Lipinski definition) is 1. The van der Waals surface area contributed by atoms with E-state index >= 15 is 0 Å². The summed E-state index contributed by atoms with van der Waals surface area (Å²) in [5.41, 5.74) is 6.07. The Kier molecular flexibility index (Phi) is 7.24. The molecule has 0 radical (unpaired) electrons. The van der Waals surface area contributed by atoms with E-state index in [0.29, 0.717) is 45.0 Å². The van der Waals surface area contributed by atoms with Crippen molar-refractivity contribution in [1.82, 2.24) is 30.0 Å². The highest BCUT2D eigenvalue weighted by Gasteiger charge is 2.47. The third kappa shape index (κ3) is 5.14. The Morgan fingerprint density at radius 3 is 2.62 bits per heavy atom. The second kappa shape index (κ2) is 10.8. The second-order valence-corrected chi connectivity index (χ2v) is 11.6. The van der Waals surface area contributed by atoms with E-state index in [-0.39, 0.29) is 25.7 Å². The molecule has 2 aromatic heterocycles. The number of H-pyrrole nitrogens is 1. The van der Waals surface area contributed by atoms with Crippen molar-refractivity contribution in [1.29, 1.82) is 0 Å². The number of carbonyl (C=O) groups is 1. The molecule has 5 heterocycles. The highest BCUT2D eigenvalue weighted by atomic mass is 19.3. The SMILES string of the molecule is C=C(F)C(=O)N1CCN(c2nc(OC[C@H]3CN(C)CC3(F)F)nc3c2CCN(c2c(C)c(C)cc4[nH]ncc24)C3)CC1. The lowest BCUT2D eigenvalue weighted by Crippen LogP contribution is -2.49. The molecule has 3 aliphatic rings. The predicted octanol–water partition coefficient (Wildman–Crippen LogP) is 3.24. The molecule has 6 rings (SSSR count). The van der Waals surface area contributed by atoms with Crippen LogP contribution in [0.25, 0.3) is 10.9 Å². The Bertz CT molecular complexity index is 1530. The number of alkyl halides is 2. The summed E-state index contributed by atoms with van der Waals surface area (Å²) in [7, 11) is 1.67. The Morgan fingerprint density at radius 2 is 1.93 bits per heavy atom. The number of amides is 1. The summed E-state index contributed by atoms with van der Waals surface area (Å²) < 4.78 is 48.4. The number of benzene rings is 1. The lowest BCUT2D eigenvalue weighted by Gasteiger charge is -2.38. The fraction of sp³-hybridized carbons (Fsp3) is 0.517. The number of piperazine rings is 1. The van der Waals surface area contributed by atoms with Crippen LogP contribution in [0.15, 0.2) is 24.7 Å². The van der Waals surface area contributed by atoms with Crippen LogP contribution in [-0.4, -0.2) is 101 Å². The van der Waals surface area contributed by atoms with Gasteiger partial charge in [0.15, 0.2) is 5.83 Å². The molecule has 2 saturated heterocycles. The highest BCUT2D eigenvalue weighted by Crippen LogP contribution is 2.38. The van der Waals surface area contributed by atoms with E-state index in [4.69, 9.17) is 14.7 Å². The fourth-order valence-corrected chi connectivity index (χ4v) is 6.33. The van der Waals surface area contributed by atoms with Gasteiger partial charge in [0.05, 0.1) is 42.1 Å². The van der Waals surface area contributed by atoms with Crippen molar-refractivity contribution in [3.8, 4) is 6.01 Å². The average molecular weight is 585 g/mol. The topological polar surface area (TPSA) is 93.7 Å². The van der Waals surface area contributed by atoms with Gasteiger partial charge in [-0.05, 0) is 44.5 Å². The first-order valence-electron chi connectivity index (χ1n) is 14.2. The third-order valence-electron chi connectivity index (χ3n) is 8.69. The number of rotatable bonds is 6. The summed E-state index contributed by atoms with van der Waals surface area (Å²) in [5.74, 6) is -4.84.